The first kappa shape index (κ1) is 17.4. The fourth-order valence-corrected chi connectivity index (χ4v) is 3.52. The van der Waals surface area contributed by atoms with E-state index in [2.05, 4.69) is 0 Å². The quantitative estimate of drug-likeness (QED) is 0.647. The molecule has 1 N–H and O–H groups in total. The van der Waals surface area contributed by atoms with E-state index in [0.717, 1.165) is 22.2 Å². The first-order valence-electron chi connectivity index (χ1n) is 7.18. The number of thiocarbonyl (C=S) groups is 1. The van der Waals surface area contributed by atoms with Crippen molar-refractivity contribution in [3.8, 4) is 11.3 Å². The fourth-order valence-electron chi connectivity index (χ4n) is 2.28. The highest BCUT2D eigenvalue weighted by Crippen LogP contribution is 2.33. The van der Waals surface area contributed by atoms with E-state index < -0.39 is 18.4 Å². The molecule has 1 saturated heterocycles. The molecule has 2 aromatic rings. The van der Waals surface area contributed by atoms with Crippen molar-refractivity contribution < 1.29 is 23.5 Å². The maximum absolute atomic E-state index is 13.4. The van der Waals surface area contributed by atoms with E-state index in [-0.39, 0.29) is 10.1 Å². The molecule has 1 aliphatic heterocycles. The third kappa shape index (κ3) is 3.64. The minimum absolute atomic E-state index is 0.194. The lowest BCUT2D eigenvalue weighted by molar-refractivity contribution is -0.140. The van der Waals surface area contributed by atoms with Crippen LogP contribution in [0.1, 0.15) is 11.3 Å². The van der Waals surface area contributed by atoms with Crippen molar-refractivity contribution in [1.82, 2.24) is 4.90 Å². The molecule has 128 valence electrons. The predicted octanol–water partition coefficient (Wildman–Crippen LogP) is 3.68. The van der Waals surface area contributed by atoms with Gasteiger partial charge in [0, 0.05) is 11.6 Å². The van der Waals surface area contributed by atoms with Gasteiger partial charge in [-0.2, -0.15) is 0 Å². The van der Waals surface area contributed by atoms with Gasteiger partial charge in [-0.25, -0.2) is 4.39 Å². The summed E-state index contributed by atoms with van der Waals surface area (Å²) in [6.45, 7) is 1.19. The number of aryl methyl sites for hydroxylation is 1. The summed E-state index contributed by atoms with van der Waals surface area (Å²) in [5, 5.41) is 8.83. The molecule has 5 nitrogen and oxygen atoms in total. The first-order valence-corrected chi connectivity index (χ1v) is 8.41. The van der Waals surface area contributed by atoms with Gasteiger partial charge in [0.1, 0.15) is 28.2 Å². The van der Waals surface area contributed by atoms with Crippen LogP contribution >= 0.6 is 24.0 Å². The maximum atomic E-state index is 13.4. The molecule has 0 aliphatic carbocycles. The molecule has 25 heavy (non-hydrogen) atoms. The van der Waals surface area contributed by atoms with Crippen LogP contribution in [0.25, 0.3) is 17.4 Å². The van der Waals surface area contributed by atoms with Crippen LogP contribution in [0.5, 0.6) is 0 Å². The number of carbonyl (C=O) groups is 2. The van der Waals surface area contributed by atoms with Gasteiger partial charge < -0.3 is 9.52 Å². The van der Waals surface area contributed by atoms with E-state index in [4.69, 9.17) is 21.7 Å². The van der Waals surface area contributed by atoms with E-state index in [0.29, 0.717) is 22.0 Å². The molecule has 3 rings (SSSR count). The summed E-state index contributed by atoms with van der Waals surface area (Å²) >= 11 is 6.06. The summed E-state index contributed by atoms with van der Waals surface area (Å²) in [5.41, 5.74) is 1.22. The largest absolute Gasteiger partial charge is 0.480 e. The molecule has 1 amide bonds. The van der Waals surface area contributed by atoms with Gasteiger partial charge in [-0.15, -0.1) is 0 Å². The number of thioether (sulfide) groups is 1. The third-order valence-corrected chi connectivity index (χ3v) is 4.89. The van der Waals surface area contributed by atoms with Crippen LogP contribution in [0.3, 0.4) is 0 Å². The molecule has 0 spiro atoms. The third-order valence-electron chi connectivity index (χ3n) is 3.51. The molecule has 0 atom stereocenters. The van der Waals surface area contributed by atoms with E-state index in [1.165, 1.54) is 12.1 Å². The van der Waals surface area contributed by atoms with Crippen molar-refractivity contribution in [2.45, 2.75) is 6.92 Å². The summed E-state index contributed by atoms with van der Waals surface area (Å²) < 4.78 is 19.2. The SMILES string of the molecule is Cc1cc(-c2ccc(/C=C3\SC(=S)N(CC(=O)O)C3=O)o2)ccc1F. The Hall–Kier alpha value is -2.45. The highest BCUT2D eigenvalue weighted by atomic mass is 32.2. The van der Waals surface area contributed by atoms with Gasteiger partial charge >= 0.3 is 5.97 Å². The summed E-state index contributed by atoms with van der Waals surface area (Å²) in [6, 6.07) is 8.04. The second kappa shape index (κ2) is 6.81. The predicted molar refractivity (Wildman–Crippen MR) is 96.4 cm³/mol. The summed E-state index contributed by atoms with van der Waals surface area (Å²) in [4.78, 5) is 24.3. The Bertz CT molecular complexity index is 919. The molecule has 0 unspecified atom stereocenters. The number of carboxylic acid groups (broad SMARTS) is 1. The second-order valence-corrected chi connectivity index (χ2v) is 7.00. The summed E-state index contributed by atoms with van der Waals surface area (Å²) in [5.74, 6) is -0.932. The van der Waals surface area contributed by atoms with Crippen molar-refractivity contribution in [3.05, 3.63) is 52.4 Å². The lowest BCUT2D eigenvalue weighted by atomic mass is 10.1. The molecular weight excluding hydrogens is 365 g/mol. The number of halogens is 1. The number of amides is 1. The lowest BCUT2D eigenvalue weighted by Crippen LogP contribution is -2.33. The van der Waals surface area contributed by atoms with Crippen LogP contribution in [-0.4, -0.2) is 32.7 Å². The van der Waals surface area contributed by atoms with Crippen LogP contribution in [0.15, 0.2) is 39.7 Å². The van der Waals surface area contributed by atoms with Crippen LogP contribution in [0.2, 0.25) is 0 Å². The number of furan rings is 1. The minimum Gasteiger partial charge on any atom is -0.480 e. The number of benzene rings is 1. The molecular formula is C17H12FNO4S2. The molecule has 1 aliphatic rings. The number of rotatable bonds is 4. The molecule has 1 aromatic heterocycles. The Kier molecular flexibility index (Phi) is 4.73. The van der Waals surface area contributed by atoms with Gasteiger partial charge in [0.05, 0.1) is 4.91 Å². The number of hydrogen-bond acceptors (Lipinski definition) is 5. The number of carbonyl (C=O) groups excluding carboxylic acids is 1. The van der Waals surface area contributed by atoms with Gasteiger partial charge in [-0.05, 0) is 42.8 Å². The Morgan fingerprint density at radius 2 is 2.16 bits per heavy atom. The van der Waals surface area contributed by atoms with Gasteiger partial charge in [0.25, 0.3) is 5.91 Å². The van der Waals surface area contributed by atoms with E-state index in [9.17, 15) is 14.0 Å². The number of aliphatic carboxylic acids is 1. The van der Waals surface area contributed by atoms with Gasteiger partial charge in [0.15, 0.2) is 0 Å². The van der Waals surface area contributed by atoms with Crippen LogP contribution in [0.4, 0.5) is 4.39 Å². The topological polar surface area (TPSA) is 70.8 Å². The molecule has 2 heterocycles. The van der Waals surface area contributed by atoms with Gasteiger partial charge in [-0.3, -0.25) is 14.5 Å². The maximum Gasteiger partial charge on any atom is 0.323 e. The van der Waals surface area contributed by atoms with Crippen molar-refractivity contribution in [3.63, 3.8) is 0 Å². The lowest BCUT2D eigenvalue weighted by Gasteiger charge is -2.09. The standard InChI is InChI=1S/C17H12FNO4S2/c1-9-6-10(2-4-12(9)18)13-5-3-11(23-13)7-14-16(22)19(8-15(20)21)17(24)25-14/h2-7H,8H2,1H3,(H,20,21)/b14-7-. The highest BCUT2D eigenvalue weighted by Gasteiger charge is 2.33. The average Bonchev–Trinajstić information content (AvgIpc) is 3.11. The van der Waals surface area contributed by atoms with Gasteiger partial charge in [-0.1, -0.05) is 24.0 Å². The Morgan fingerprint density at radius 3 is 2.84 bits per heavy atom. The Labute approximate surface area is 152 Å². The summed E-state index contributed by atoms with van der Waals surface area (Å²) in [7, 11) is 0. The van der Waals surface area contributed by atoms with Crippen molar-refractivity contribution in [2.24, 2.45) is 0 Å². The monoisotopic (exact) mass is 377 g/mol. The fraction of sp³-hybridized carbons (Fsp3) is 0.118. The van der Waals surface area contributed by atoms with Crippen molar-refractivity contribution >= 4 is 46.3 Å². The highest BCUT2D eigenvalue weighted by molar-refractivity contribution is 8.26. The minimum atomic E-state index is -1.13. The van der Waals surface area contributed by atoms with Gasteiger partial charge in [0.2, 0.25) is 0 Å². The van der Waals surface area contributed by atoms with Crippen molar-refractivity contribution in [2.75, 3.05) is 6.54 Å². The molecule has 1 fully saturated rings. The van der Waals surface area contributed by atoms with Crippen LogP contribution in [0, 0.1) is 12.7 Å². The molecule has 0 bridgehead atoms. The van der Waals surface area contributed by atoms with Crippen LogP contribution in [-0.2, 0) is 9.59 Å². The number of nitrogens with zero attached hydrogens (tertiary/aromatic N) is 1. The van der Waals surface area contributed by atoms with E-state index in [1.54, 1.807) is 31.2 Å². The molecule has 0 radical (unpaired) electrons. The average molecular weight is 377 g/mol. The van der Waals surface area contributed by atoms with Crippen molar-refractivity contribution in [1.29, 1.82) is 0 Å². The Morgan fingerprint density at radius 1 is 1.40 bits per heavy atom. The number of hydrogen-bond donors (Lipinski definition) is 1. The Balaban J connectivity index is 1.84. The van der Waals surface area contributed by atoms with Crippen LogP contribution < -0.4 is 0 Å². The zero-order valence-electron chi connectivity index (χ0n) is 13.0. The zero-order chi connectivity index (χ0) is 18.1. The molecule has 8 heteroatoms. The zero-order valence-corrected chi connectivity index (χ0v) is 14.6. The van der Waals surface area contributed by atoms with E-state index in [1.807, 2.05) is 0 Å². The smallest absolute Gasteiger partial charge is 0.323 e. The first-order chi connectivity index (χ1) is 11.8. The molecule has 0 saturated carbocycles. The molecule has 1 aromatic carbocycles. The normalized spacial score (nSPS) is 16.1. The second-order valence-electron chi connectivity index (χ2n) is 5.33. The van der Waals surface area contributed by atoms with E-state index >= 15 is 0 Å². The number of carboxylic acids is 1. The summed E-state index contributed by atoms with van der Waals surface area (Å²) in [6.07, 6.45) is 1.51.